The van der Waals surface area contributed by atoms with Gasteiger partial charge < -0.3 is 14.5 Å². The van der Waals surface area contributed by atoms with E-state index in [2.05, 4.69) is 5.16 Å². The zero-order chi connectivity index (χ0) is 15.4. The molecule has 0 aliphatic carbocycles. The molecule has 2 heterocycles. The highest BCUT2D eigenvalue weighted by Crippen LogP contribution is 2.24. The summed E-state index contributed by atoms with van der Waals surface area (Å²) in [6.45, 7) is 5.04. The minimum atomic E-state index is -0.776. The quantitative estimate of drug-likeness (QED) is 0.900. The molecule has 6 nitrogen and oxygen atoms in total. The van der Waals surface area contributed by atoms with Gasteiger partial charge in [-0.1, -0.05) is 12.1 Å². The van der Waals surface area contributed by atoms with Crippen molar-refractivity contribution in [3.63, 3.8) is 0 Å². The molecule has 116 valence electrons. The van der Waals surface area contributed by atoms with Gasteiger partial charge in [0.2, 0.25) is 0 Å². The second-order valence-corrected chi connectivity index (χ2v) is 5.61. The molecule has 1 aromatic rings. The van der Waals surface area contributed by atoms with Crippen molar-refractivity contribution in [2.75, 3.05) is 13.1 Å². The maximum Gasteiger partial charge on any atom is 0.303 e. The molecule has 0 aromatic carbocycles. The van der Waals surface area contributed by atoms with Crippen LogP contribution in [-0.4, -0.2) is 40.1 Å². The van der Waals surface area contributed by atoms with Crippen LogP contribution in [-0.2, 0) is 11.2 Å². The molecule has 0 radical (unpaired) electrons. The number of hydrogen-bond donors (Lipinski definition) is 1. The van der Waals surface area contributed by atoms with Crippen LogP contribution in [0.5, 0.6) is 0 Å². The van der Waals surface area contributed by atoms with Gasteiger partial charge in [-0.2, -0.15) is 0 Å². The molecule has 0 spiro atoms. The molecular weight excluding hydrogens is 272 g/mol. The van der Waals surface area contributed by atoms with Crippen molar-refractivity contribution in [2.45, 2.75) is 46.0 Å². The van der Waals surface area contributed by atoms with Crippen LogP contribution in [0.4, 0.5) is 0 Å². The molecule has 6 heteroatoms. The highest BCUT2D eigenvalue weighted by molar-refractivity contribution is 5.96. The van der Waals surface area contributed by atoms with E-state index in [9.17, 15) is 9.59 Å². The number of carbonyl (C=O) groups excluding carboxylic acids is 1. The molecule has 1 N–H and O–H groups in total. The maximum absolute atomic E-state index is 12.7. The molecule has 0 bridgehead atoms. The second kappa shape index (κ2) is 6.74. The summed E-state index contributed by atoms with van der Waals surface area (Å²) < 4.78 is 5.13. The number of piperidine rings is 1. The van der Waals surface area contributed by atoms with Crippen molar-refractivity contribution < 1.29 is 19.2 Å². The lowest BCUT2D eigenvalue weighted by molar-refractivity contribution is -0.137. The van der Waals surface area contributed by atoms with Crippen LogP contribution in [0.1, 0.15) is 54.4 Å². The van der Waals surface area contributed by atoms with Gasteiger partial charge in [0.05, 0.1) is 5.69 Å². The summed E-state index contributed by atoms with van der Waals surface area (Å²) in [5, 5.41) is 12.7. The van der Waals surface area contributed by atoms with Crippen LogP contribution in [0, 0.1) is 12.8 Å². The third-order valence-corrected chi connectivity index (χ3v) is 4.05. The number of likely N-dealkylation sites (tertiary alicyclic amines) is 1. The minimum absolute atomic E-state index is 0.0365. The maximum atomic E-state index is 12.7. The zero-order valence-electron chi connectivity index (χ0n) is 12.6. The van der Waals surface area contributed by atoms with Crippen LogP contribution in [0.15, 0.2) is 4.52 Å². The summed E-state index contributed by atoms with van der Waals surface area (Å²) in [7, 11) is 0. The Labute approximate surface area is 124 Å². The minimum Gasteiger partial charge on any atom is -0.481 e. The summed E-state index contributed by atoms with van der Waals surface area (Å²) in [5.41, 5.74) is 1.28. The first-order valence-corrected chi connectivity index (χ1v) is 7.49. The number of hydrogen-bond acceptors (Lipinski definition) is 4. The summed E-state index contributed by atoms with van der Waals surface area (Å²) in [6, 6.07) is 0. The van der Waals surface area contributed by atoms with Gasteiger partial charge in [0.15, 0.2) is 0 Å². The Kier molecular flexibility index (Phi) is 4.98. The topological polar surface area (TPSA) is 83.6 Å². The van der Waals surface area contributed by atoms with Crippen LogP contribution in [0.25, 0.3) is 0 Å². The molecule has 1 amide bonds. The molecule has 1 aliphatic heterocycles. The molecule has 1 unspecified atom stereocenters. The molecule has 1 aromatic heterocycles. The van der Waals surface area contributed by atoms with Crippen molar-refractivity contribution >= 4 is 11.9 Å². The third-order valence-electron chi connectivity index (χ3n) is 4.05. The summed E-state index contributed by atoms with van der Waals surface area (Å²) in [5.74, 6) is 0.0146. The standard InChI is InChI=1S/C15H22N2O4/c1-3-12-14(10(2)21-16-12)15(20)17-8-4-5-11(9-17)6-7-13(18)19/h11H,3-9H2,1-2H3,(H,18,19). The van der Waals surface area contributed by atoms with E-state index >= 15 is 0 Å². The number of rotatable bonds is 5. The van der Waals surface area contributed by atoms with E-state index in [1.807, 2.05) is 11.8 Å². The Balaban J connectivity index is 2.05. The second-order valence-electron chi connectivity index (χ2n) is 5.61. The van der Waals surface area contributed by atoms with E-state index in [-0.39, 0.29) is 18.2 Å². The van der Waals surface area contributed by atoms with Gasteiger partial charge in [-0.15, -0.1) is 0 Å². The van der Waals surface area contributed by atoms with Crippen LogP contribution < -0.4 is 0 Å². The third kappa shape index (κ3) is 3.62. The SMILES string of the molecule is CCc1noc(C)c1C(=O)N1CCCC(CCC(=O)O)C1. The van der Waals surface area contributed by atoms with E-state index < -0.39 is 5.97 Å². The van der Waals surface area contributed by atoms with E-state index in [1.54, 1.807) is 6.92 Å². The highest BCUT2D eigenvalue weighted by Gasteiger charge is 2.28. The Morgan fingerprint density at radius 2 is 2.24 bits per heavy atom. The highest BCUT2D eigenvalue weighted by atomic mass is 16.5. The van der Waals surface area contributed by atoms with Crippen molar-refractivity contribution in [1.29, 1.82) is 0 Å². The zero-order valence-corrected chi connectivity index (χ0v) is 12.6. The number of carboxylic acids is 1. The van der Waals surface area contributed by atoms with Crippen molar-refractivity contribution in [3.8, 4) is 0 Å². The number of amides is 1. The van der Waals surface area contributed by atoms with E-state index in [1.165, 1.54) is 0 Å². The first-order chi connectivity index (χ1) is 10.0. The Hall–Kier alpha value is -1.85. The van der Waals surface area contributed by atoms with Gasteiger partial charge >= 0.3 is 5.97 Å². The molecule has 1 aliphatic rings. The first-order valence-electron chi connectivity index (χ1n) is 7.49. The Morgan fingerprint density at radius 1 is 1.48 bits per heavy atom. The monoisotopic (exact) mass is 294 g/mol. The van der Waals surface area contributed by atoms with Gasteiger partial charge in [0, 0.05) is 19.5 Å². The van der Waals surface area contributed by atoms with E-state index in [0.29, 0.717) is 36.4 Å². The lowest BCUT2D eigenvalue weighted by Gasteiger charge is -2.32. The van der Waals surface area contributed by atoms with Crippen molar-refractivity contribution in [1.82, 2.24) is 10.1 Å². The van der Waals surface area contributed by atoms with Crippen molar-refractivity contribution in [3.05, 3.63) is 17.0 Å². The van der Waals surface area contributed by atoms with Gasteiger partial charge in [0.25, 0.3) is 5.91 Å². The van der Waals surface area contributed by atoms with Crippen LogP contribution in [0.3, 0.4) is 0 Å². The van der Waals surface area contributed by atoms with Crippen LogP contribution in [0.2, 0.25) is 0 Å². The molecule has 0 saturated carbocycles. The number of nitrogens with zero attached hydrogens (tertiary/aromatic N) is 2. The average Bonchev–Trinajstić information content (AvgIpc) is 2.85. The predicted molar refractivity (Wildman–Crippen MR) is 76.1 cm³/mol. The molecule has 21 heavy (non-hydrogen) atoms. The molecule has 1 saturated heterocycles. The number of aryl methyl sites for hydroxylation is 2. The largest absolute Gasteiger partial charge is 0.481 e. The fourth-order valence-corrected chi connectivity index (χ4v) is 2.90. The van der Waals surface area contributed by atoms with Crippen molar-refractivity contribution in [2.24, 2.45) is 5.92 Å². The molecule has 1 atom stereocenters. The van der Waals surface area contributed by atoms with Gasteiger partial charge in [-0.05, 0) is 38.5 Å². The summed E-state index contributed by atoms with van der Waals surface area (Å²) in [6.07, 6.45) is 3.36. The predicted octanol–water partition coefficient (Wildman–Crippen LogP) is 2.26. The van der Waals surface area contributed by atoms with Gasteiger partial charge in [0.1, 0.15) is 11.3 Å². The fourth-order valence-electron chi connectivity index (χ4n) is 2.90. The molecule has 1 fully saturated rings. The number of aliphatic carboxylic acids is 1. The normalized spacial score (nSPS) is 18.8. The smallest absolute Gasteiger partial charge is 0.303 e. The van der Waals surface area contributed by atoms with Crippen LogP contribution >= 0.6 is 0 Å². The lowest BCUT2D eigenvalue weighted by Crippen LogP contribution is -2.40. The Bertz CT molecular complexity index is 524. The van der Waals surface area contributed by atoms with Gasteiger partial charge in [-0.3, -0.25) is 9.59 Å². The Morgan fingerprint density at radius 3 is 2.90 bits per heavy atom. The van der Waals surface area contributed by atoms with E-state index in [4.69, 9.17) is 9.63 Å². The average molecular weight is 294 g/mol. The fraction of sp³-hybridized carbons (Fsp3) is 0.667. The number of carboxylic acid groups (broad SMARTS) is 1. The molecular formula is C15H22N2O4. The van der Waals surface area contributed by atoms with Gasteiger partial charge in [-0.25, -0.2) is 0 Å². The first kappa shape index (κ1) is 15.5. The number of aromatic nitrogens is 1. The lowest BCUT2D eigenvalue weighted by atomic mass is 9.93. The molecule has 2 rings (SSSR count). The van der Waals surface area contributed by atoms with E-state index in [0.717, 1.165) is 19.4 Å². The number of carbonyl (C=O) groups is 2. The summed E-state index contributed by atoms with van der Waals surface area (Å²) in [4.78, 5) is 25.1. The summed E-state index contributed by atoms with van der Waals surface area (Å²) >= 11 is 0.